The summed E-state index contributed by atoms with van der Waals surface area (Å²) in [5.74, 6) is 2.09. The largest absolute Gasteiger partial charge is 0.497 e. The summed E-state index contributed by atoms with van der Waals surface area (Å²) in [5, 5.41) is 0. The zero-order valence-electron chi connectivity index (χ0n) is 13.1. The standard InChI is InChI=1S/C17H29NO2/c1-14(2)7-9-20-10-8-16(13-18)11-15-5-4-6-17(12-15)19-3/h4-6,12,14,16H,7-11,13,18H2,1-3H3. The number of methoxy groups -OCH3 is 1. The van der Waals surface area contributed by atoms with Crippen LogP contribution in [0.4, 0.5) is 0 Å². The number of rotatable bonds is 10. The van der Waals surface area contributed by atoms with Crippen LogP contribution in [0.15, 0.2) is 24.3 Å². The fraction of sp³-hybridized carbons (Fsp3) is 0.647. The van der Waals surface area contributed by atoms with Crippen LogP contribution in [0.25, 0.3) is 0 Å². The summed E-state index contributed by atoms with van der Waals surface area (Å²) < 4.78 is 10.9. The van der Waals surface area contributed by atoms with E-state index in [4.69, 9.17) is 15.2 Å². The topological polar surface area (TPSA) is 44.5 Å². The van der Waals surface area contributed by atoms with E-state index in [0.29, 0.717) is 18.4 Å². The van der Waals surface area contributed by atoms with Gasteiger partial charge in [0.05, 0.1) is 7.11 Å². The van der Waals surface area contributed by atoms with E-state index in [9.17, 15) is 0 Å². The van der Waals surface area contributed by atoms with Gasteiger partial charge in [-0.25, -0.2) is 0 Å². The minimum Gasteiger partial charge on any atom is -0.497 e. The zero-order valence-corrected chi connectivity index (χ0v) is 13.1. The lowest BCUT2D eigenvalue weighted by Crippen LogP contribution is -2.19. The molecule has 1 aromatic rings. The van der Waals surface area contributed by atoms with Gasteiger partial charge >= 0.3 is 0 Å². The van der Waals surface area contributed by atoms with E-state index in [-0.39, 0.29) is 0 Å². The van der Waals surface area contributed by atoms with Crippen molar-refractivity contribution in [3.05, 3.63) is 29.8 Å². The van der Waals surface area contributed by atoms with E-state index in [1.807, 2.05) is 12.1 Å². The van der Waals surface area contributed by atoms with Crippen LogP contribution < -0.4 is 10.5 Å². The summed E-state index contributed by atoms with van der Waals surface area (Å²) in [4.78, 5) is 0. The number of benzene rings is 1. The molecule has 114 valence electrons. The van der Waals surface area contributed by atoms with Crippen LogP contribution >= 0.6 is 0 Å². The van der Waals surface area contributed by atoms with E-state index in [0.717, 1.165) is 38.2 Å². The molecule has 0 aromatic heterocycles. The summed E-state index contributed by atoms with van der Waals surface area (Å²) in [7, 11) is 1.70. The van der Waals surface area contributed by atoms with Crippen LogP contribution in [-0.4, -0.2) is 26.9 Å². The second-order valence-corrected chi connectivity index (χ2v) is 5.74. The maximum absolute atomic E-state index is 5.87. The third-order valence-electron chi connectivity index (χ3n) is 3.50. The van der Waals surface area contributed by atoms with Crippen molar-refractivity contribution in [1.29, 1.82) is 0 Å². The van der Waals surface area contributed by atoms with Gasteiger partial charge in [0.15, 0.2) is 0 Å². The molecule has 0 radical (unpaired) electrons. The maximum Gasteiger partial charge on any atom is 0.119 e. The van der Waals surface area contributed by atoms with E-state index in [2.05, 4.69) is 26.0 Å². The molecular weight excluding hydrogens is 250 g/mol. The van der Waals surface area contributed by atoms with Gasteiger partial charge in [-0.1, -0.05) is 26.0 Å². The van der Waals surface area contributed by atoms with Crippen molar-refractivity contribution in [3.63, 3.8) is 0 Å². The van der Waals surface area contributed by atoms with Crippen LogP contribution in [0, 0.1) is 11.8 Å². The molecule has 0 aliphatic rings. The van der Waals surface area contributed by atoms with E-state index in [1.54, 1.807) is 7.11 Å². The maximum atomic E-state index is 5.87. The summed E-state index contributed by atoms with van der Waals surface area (Å²) >= 11 is 0. The van der Waals surface area contributed by atoms with Crippen LogP contribution in [-0.2, 0) is 11.2 Å². The Morgan fingerprint density at radius 1 is 1.15 bits per heavy atom. The first-order chi connectivity index (χ1) is 9.65. The second kappa shape index (κ2) is 9.78. The lowest BCUT2D eigenvalue weighted by molar-refractivity contribution is 0.111. The fourth-order valence-electron chi connectivity index (χ4n) is 2.11. The molecule has 3 nitrogen and oxygen atoms in total. The van der Waals surface area contributed by atoms with E-state index in [1.165, 1.54) is 5.56 Å². The van der Waals surface area contributed by atoms with Crippen molar-refractivity contribution >= 4 is 0 Å². The molecule has 0 saturated heterocycles. The minimum absolute atomic E-state index is 0.473. The Balaban J connectivity index is 2.31. The average molecular weight is 279 g/mol. The zero-order chi connectivity index (χ0) is 14.8. The van der Waals surface area contributed by atoms with Gasteiger partial charge in [-0.15, -0.1) is 0 Å². The van der Waals surface area contributed by atoms with Crippen LogP contribution in [0.5, 0.6) is 5.75 Å². The lowest BCUT2D eigenvalue weighted by Gasteiger charge is -2.15. The highest BCUT2D eigenvalue weighted by Crippen LogP contribution is 2.17. The van der Waals surface area contributed by atoms with Gasteiger partial charge in [0, 0.05) is 13.2 Å². The van der Waals surface area contributed by atoms with Gasteiger partial charge < -0.3 is 15.2 Å². The molecule has 3 heteroatoms. The van der Waals surface area contributed by atoms with Crippen LogP contribution in [0.3, 0.4) is 0 Å². The van der Waals surface area contributed by atoms with Crippen molar-refractivity contribution in [2.24, 2.45) is 17.6 Å². The molecule has 0 spiro atoms. The van der Waals surface area contributed by atoms with E-state index >= 15 is 0 Å². The Morgan fingerprint density at radius 2 is 1.90 bits per heavy atom. The minimum atomic E-state index is 0.473. The normalized spacial score (nSPS) is 12.7. The van der Waals surface area contributed by atoms with Gasteiger partial charge in [0.1, 0.15) is 5.75 Å². The molecule has 20 heavy (non-hydrogen) atoms. The molecule has 0 bridgehead atoms. The second-order valence-electron chi connectivity index (χ2n) is 5.74. The van der Waals surface area contributed by atoms with Gasteiger partial charge in [-0.3, -0.25) is 0 Å². The molecule has 0 aliphatic heterocycles. The summed E-state index contributed by atoms with van der Waals surface area (Å²) in [6.07, 6.45) is 3.14. The molecule has 0 aliphatic carbocycles. The number of ether oxygens (including phenoxy) is 2. The highest BCUT2D eigenvalue weighted by molar-refractivity contribution is 5.28. The molecule has 1 atom stereocenters. The van der Waals surface area contributed by atoms with Crippen LogP contribution in [0.1, 0.15) is 32.3 Å². The average Bonchev–Trinajstić information content (AvgIpc) is 2.45. The first kappa shape index (κ1) is 17.0. The van der Waals surface area contributed by atoms with Crippen molar-refractivity contribution in [2.75, 3.05) is 26.9 Å². The molecule has 0 saturated carbocycles. The van der Waals surface area contributed by atoms with Crippen molar-refractivity contribution in [3.8, 4) is 5.75 Å². The predicted octanol–water partition coefficient (Wildman–Crippen LogP) is 3.27. The van der Waals surface area contributed by atoms with Gasteiger partial charge in [-0.2, -0.15) is 0 Å². The number of hydrogen-bond acceptors (Lipinski definition) is 3. The molecule has 0 amide bonds. The summed E-state index contributed by atoms with van der Waals surface area (Å²) in [6, 6.07) is 8.21. The SMILES string of the molecule is COc1cccc(CC(CN)CCOCCC(C)C)c1. The van der Waals surface area contributed by atoms with Gasteiger partial charge in [0.25, 0.3) is 0 Å². The summed E-state index contributed by atoms with van der Waals surface area (Å²) in [6.45, 7) is 6.79. The van der Waals surface area contributed by atoms with Crippen LogP contribution in [0.2, 0.25) is 0 Å². The number of hydrogen-bond donors (Lipinski definition) is 1. The third-order valence-corrected chi connectivity index (χ3v) is 3.50. The van der Waals surface area contributed by atoms with E-state index < -0.39 is 0 Å². The molecule has 0 fully saturated rings. The quantitative estimate of drug-likeness (QED) is 0.669. The highest BCUT2D eigenvalue weighted by atomic mass is 16.5. The Bertz CT molecular complexity index is 366. The first-order valence-electron chi connectivity index (χ1n) is 7.56. The van der Waals surface area contributed by atoms with Crippen molar-refractivity contribution in [2.45, 2.75) is 33.1 Å². The molecule has 1 aromatic carbocycles. The Morgan fingerprint density at radius 3 is 2.55 bits per heavy atom. The third kappa shape index (κ3) is 6.92. The Hall–Kier alpha value is -1.06. The molecule has 1 unspecified atom stereocenters. The predicted molar refractivity (Wildman–Crippen MR) is 84.1 cm³/mol. The lowest BCUT2D eigenvalue weighted by atomic mass is 9.96. The van der Waals surface area contributed by atoms with Gasteiger partial charge in [-0.05, 0) is 55.3 Å². The molecular formula is C17H29NO2. The van der Waals surface area contributed by atoms with Crippen molar-refractivity contribution in [1.82, 2.24) is 0 Å². The Kier molecular flexibility index (Phi) is 8.31. The fourth-order valence-corrected chi connectivity index (χ4v) is 2.11. The van der Waals surface area contributed by atoms with Gasteiger partial charge in [0.2, 0.25) is 0 Å². The highest BCUT2D eigenvalue weighted by Gasteiger charge is 2.08. The molecule has 2 N–H and O–H groups in total. The van der Waals surface area contributed by atoms with Crippen molar-refractivity contribution < 1.29 is 9.47 Å². The first-order valence-corrected chi connectivity index (χ1v) is 7.56. The molecule has 0 heterocycles. The Labute approximate surface area is 123 Å². The number of nitrogens with two attached hydrogens (primary N) is 1. The molecule has 1 rings (SSSR count). The summed E-state index contributed by atoms with van der Waals surface area (Å²) in [5.41, 5.74) is 7.15. The monoisotopic (exact) mass is 279 g/mol. The smallest absolute Gasteiger partial charge is 0.119 e.